The number of carbonyl (C=O) groups excluding carboxylic acids is 1. The molecule has 2 amide bonds. The molecule has 1 aromatic rings. The van der Waals surface area contributed by atoms with Gasteiger partial charge in [-0.25, -0.2) is 9.18 Å². The normalized spacial score (nSPS) is 10.3. The van der Waals surface area contributed by atoms with Crippen molar-refractivity contribution in [1.29, 1.82) is 0 Å². The van der Waals surface area contributed by atoms with Crippen molar-refractivity contribution in [2.75, 3.05) is 6.54 Å². The smallest absolute Gasteiger partial charge is 0.318 e. The molecule has 0 aromatic heterocycles. The first-order valence-electron chi connectivity index (χ1n) is 4.69. The van der Waals surface area contributed by atoms with Crippen LogP contribution < -0.4 is 10.6 Å². The van der Waals surface area contributed by atoms with Crippen LogP contribution in [0.1, 0.15) is 12.5 Å². The Kier molecular flexibility index (Phi) is 4.34. The fourth-order valence-electron chi connectivity index (χ4n) is 1.03. The number of halogens is 1. The Balaban J connectivity index is 2.52. The van der Waals surface area contributed by atoms with Crippen molar-refractivity contribution in [3.05, 3.63) is 41.8 Å². The van der Waals surface area contributed by atoms with Crippen molar-refractivity contribution in [3.8, 4) is 0 Å². The summed E-state index contributed by atoms with van der Waals surface area (Å²) in [7, 11) is 0. The first-order valence-corrected chi connectivity index (χ1v) is 4.69. The molecule has 2 N–H and O–H groups in total. The van der Waals surface area contributed by atoms with Gasteiger partial charge >= 0.3 is 6.03 Å². The molecule has 3 nitrogen and oxygen atoms in total. The number of hydrogen-bond donors (Lipinski definition) is 2. The molecule has 0 heterocycles. The van der Waals surface area contributed by atoms with E-state index in [1.807, 2.05) is 6.92 Å². The van der Waals surface area contributed by atoms with Gasteiger partial charge in [0, 0.05) is 18.3 Å². The molecule has 0 aliphatic heterocycles. The summed E-state index contributed by atoms with van der Waals surface area (Å²) >= 11 is 0. The molecule has 0 aliphatic carbocycles. The lowest BCUT2D eigenvalue weighted by Crippen LogP contribution is -2.31. The fourth-order valence-corrected chi connectivity index (χ4v) is 1.03. The van der Waals surface area contributed by atoms with Crippen LogP contribution in [0.25, 0.3) is 6.08 Å². The largest absolute Gasteiger partial charge is 0.338 e. The van der Waals surface area contributed by atoms with Gasteiger partial charge in [0.25, 0.3) is 0 Å². The fraction of sp³-hybridized carbons (Fsp3) is 0.182. The minimum atomic E-state index is -0.313. The monoisotopic (exact) mass is 208 g/mol. The van der Waals surface area contributed by atoms with Gasteiger partial charge in [0.1, 0.15) is 5.82 Å². The van der Waals surface area contributed by atoms with E-state index in [4.69, 9.17) is 0 Å². The third-order valence-corrected chi connectivity index (χ3v) is 1.72. The number of rotatable bonds is 3. The molecule has 15 heavy (non-hydrogen) atoms. The Morgan fingerprint density at radius 3 is 2.87 bits per heavy atom. The molecular formula is C11H13FN2O. The molecule has 4 heteroatoms. The van der Waals surface area contributed by atoms with E-state index in [0.29, 0.717) is 12.1 Å². The molecule has 0 saturated heterocycles. The maximum absolute atomic E-state index is 13.1. The summed E-state index contributed by atoms with van der Waals surface area (Å²) in [4.78, 5) is 11.0. The minimum Gasteiger partial charge on any atom is -0.338 e. The lowest BCUT2D eigenvalue weighted by atomic mass is 10.2. The van der Waals surface area contributed by atoms with Crippen LogP contribution in [0, 0.1) is 5.82 Å². The molecule has 0 atom stereocenters. The van der Waals surface area contributed by atoms with Crippen molar-refractivity contribution >= 4 is 12.1 Å². The summed E-state index contributed by atoms with van der Waals surface area (Å²) in [6.45, 7) is 2.37. The lowest BCUT2D eigenvalue weighted by Gasteiger charge is -2.00. The summed E-state index contributed by atoms with van der Waals surface area (Å²) in [6.07, 6.45) is 2.91. The second kappa shape index (κ2) is 5.80. The highest BCUT2D eigenvalue weighted by Crippen LogP contribution is 2.07. The molecule has 0 fully saturated rings. The number of amides is 2. The van der Waals surface area contributed by atoms with Crippen molar-refractivity contribution < 1.29 is 9.18 Å². The summed E-state index contributed by atoms with van der Waals surface area (Å²) < 4.78 is 13.1. The van der Waals surface area contributed by atoms with E-state index < -0.39 is 0 Å². The molecule has 0 unspecified atom stereocenters. The van der Waals surface area contributed by atoms with E-state index in [-0.39, 0.29) is 11.8 Å². The van der Waals surface area contributed by atoms with Crippen molar-refractivity contribution in [1.82, 2.24) is 10.6 Å². The Labute approximate surface area is 88.0 Å². The van der Waals surface area contributed by atoms with Gasteiger partial charge in [-0.1, -0.05) is 18.2 Å². The highest BCUT2D eigenvalue weighted by Gasteiger charge is 1.95. The van der Waals surface area contributed by atoms with Gasteiger partial charge in [-0.3, -0.25) is 0 Å². The van der Waals surface area contributed by atoms with Gasteiger partial charge < -0.3 is 10.6 Å². The van der Waals surface area contributed by atoms with E-state index in [2.05, 4.69) is 10.6 Å². The van der Waals surface area contributed by atoms with Crippen LogP contribution in [0.15, 0.2) is 30.5 Å². The van der Waals surface area contributed by atoms with E-state index in [1.165, 1.54) is 18.3 Å². The average molecular weight is 208 g/mol. The molecule has 80 valence electrons. The van der Waals surface area contributed by atoms with E-state index in [9.17, 15) is 9.18 Å². The first kappa shape index (κ1) is 11.2. The van der Waals surface area contributed by atoms with Gasteiger partial charge in [0.05, 0.1) is 0 Å². The molecule has 0 saturated carbocycles. The molecule has 0 bridgehead atoms. The van der Waals surface area contributed by atoms with Crippen LogP contribution >= 0.6 is 0 Å². The SMILES string of the molecule is CCNC(=O)N/C=C/c1ccccc1F. The van der Waals surface area contributed by atoms with Crippen LogP contribution in [0.2, 0.25) is 0 Å². The molecule has 0 aliphatic rings. The highest BCUT2D eigenvalue weighted by atomic mass is 19.1. The zero-order valence-electron chi connectivity index (χ0n) is 8.46. The van der Waals surface area contributed by atoms with E-state index in [1.54, 1.807) is 18.2 Å². The number of urea groups is 1. The van der Waals surface area contributed by atoms with Gasteiger partial charge in [0.2, 0.25) is 0 Å². The number of nitrogens with one attached hydrogen (secondary N) is 2. The first-order chi connectivity index (χ1) is 7.24. The van der Waals surface area contributed by atoms with Gasteiger partial charge in [-0.2, -0.15) is 0 Å². The maximum atomic E-state index is 13.1. The van der Waals surface area contributed by atoms with Gasteiger partial charge in [-0.05, 0) is 19.1 Å². The average Bonchev–Trinajstić information content (AvgIpc) is 2.21. The second-order valence-electron chi connectivity index (χ2n) is 2.86. The van der Waals surface area contributed by atoms with Crippen LogP contribution in [0.5, 0.6) is 0 Å². The number of hydrogen-bond acceptors (Lipinski definition) is 1. The number of carbonyl (C=O) groups is 1. The second-order valence-corrected chi connectivity index (χ2v) is 2.86. The molecule has 0 spiro atoms. The zero-order chi connectivity index (χ0) is 11.1. The molecule has 1 rings (SSSR count). The standard InChI is InChI=1S/C11H13FN2O/c1-2-13-11(15)14-8-7-9-5-3-4-6-10(9)12/h3-8H,2H2,1H3,(H2,13,14,15)/b8-7+. The van der Waals surface area contributed by atoms with E-state index in [0.717, 1.165) is 0 Å². The predicted molar refractivity (Wildman–Crippen MR) is 57.6 cm³/mol. The van der Waals surface area contributed by atoms with E-state index >= 15 is 0 Å². The van der Waals surface area contributed by atoms with Crippen molar-refractivity contribution in [3.63, 3.8) is 0 Å². The highest BCUT2D eigenvalue weighted by molar-refractivity contribution is 5.75. The minimum absolute atomic E-state index is 0.301. The third kappa shape index (κ3) is 3.81. The third-order valence-electron chi connectivity index (χ3n) is 1.72. The molecule has 0 radical (unpaired) electrons. The lowest BCUT2D eigenvalue weighted by molar-refractivity contribution is 0.244. The van der Waals surface area contributed by atoms with Gasteiger partial charge in [-0.15, -0.1) is 0 Å². The van der Waals surface area contributed by atoms with Crippen LogP contribution in [0.4, 0.5) is 9.18 Å². The summed E-state index contributed by atoms with van der Waals surface area (Å²) in [5, 5.41) is 5.01. The summed E-state index contributed by atoms with van der Waals surface area (Å²) in [5.41, 5.74) is 0.439. The molecule has 1 aromatic carbocycles. The summed E-state index contributed by atoms with van der Waals surface area (Å²) in [5.74, 6) is -0.313. The van der Waals surface area contributed by atoms with Crippen LogP contribution in [-0.4, -0.2) is 12.6 Å². The Morgan fingerprint density at radius 2 is 2.20 bits per heavy atom. The topological polar surface area (TPSA) is 41.1 Å². The quantitative estimate of drug-likeness (QED) is 0.784. The van der Waals surface area contributed by atoms with Crippen LogP contribution in [-0.2, 0) is 0 Å². The van der Waals surface area contributed by atoms with Crippen LogP contribution in [0.3, 0.4) is 0 Å². The van der Waals surface area contributed by atoms with Crippen molar-refractivity contribution in [2.24, 2.45) is 0 Å². The predicted octanol–water partition coefficient (Wildman–Crippen LogP) is 2.12. The Morgan fingerprint density at radius 1 is 1.47 bits per heavy atom. The number of benzene rings is 1. The zero-order valence-corrected chi connectivity index (χ0v) is 8.46. The Hall–Kier alpha value is -1.84. The van der Waals surface area contributed by atoms with Crippen molar-refractivity contribution in [2.45, 2.75) is 6.92 Å². The summed E-state index contributed by atoms with van der Waals surface area (Å²) in [6, 6.07) is 6.04. The maximum Gasteiger partial charge on any atom is 0.318 e. The molecular weight excluding hydrogens is 195 g/mol. The Bertz CT molecular complexity index is 363. The van der Waals surface area contributed by atoms with Gasteiger partial charge in [0.15, 0.2) is 0 Å².